The number of hydrogen-bond donors (Lipinski definition) is 0. The van der Waals surface area contributed by atoms with Gasteiger partial charge in [0.05, 0.1) is 20.3 Å². The molecule has 0 spiro atoms. The zero-order chi connectivity index (χ0) is 11.0. The monoisotopic (exact) mass is 416 g/mol. The van der Waals surface area contributed by atoms with Crippen molar-refractivity contribution < 1.29 is 4.74 Å². The van der Waals surface area contributed by atoms with Crippen LogP contribution in [0.5, 0.6) is 0 Å². The van der Waals surface area contributed by atoms with E-state index in [1.165, 1.54) is 13.1 Å². The molecule has 15 heavy (non-hydrogen) atoms. The quantitative estimate of drug-likeness (QED) is 0.604. The van der Waals surface area contributed by atoms with Gasteiger partial charge in [-0.05, 0) is 56.8 Å². The van der Waals surface area contributed by atoms with E-state index in [2.05, 4.69) is 60.8 Å². The zero-order valence-corrected chi connectivity index (χ0v) is 13.7. The molecular weight excluding hydrogens is 408 g/mol. The fourth-order valence-electron chi connectivity index (χ4n) is 1.85. The topological polar surface area (TPSA) is 9.23 Å². The van der Waals surface area contributed by atoms with Crippen molar-refractivity contribution in [3.8, 4) is 0 Å². The lowest BCUT2D eigenvalue weighted by Crippen LogP contribution is -2.07. The molecule has 3 unspecified atom stereocenters. The Bertz CT molecular complexity index is 352. The molecule has 0 aromatic carbocycles. The molecule has 0 aliphatic carbocycles. The number of alkyl halides is 1. The molecule has 84 valence electrons. The molecule has 2 heterocycles. The van der Waals surface area contributed by atoms with Crippen LogP contribution in [0.25, 0.3) is 0 Å². The minimum absolute atomic E-state index is 0.388. The van der Waals surface area contributed by atoms with Crippen molar-refractivity contribution in [2.45, 2.75) is 24.3 Å². The number of thiophene rings is 1. The number of rotatable bonds is 2. The lowest BCUT2D eigenvalue weighted by molar-refractivity contribution is 0.120. The molecule has 1 aliphatic rings. The van der Waals surface area contributed by atoms with Crippen LogP contribution in [0.3, 0.4) is 0 Å². The van der Waals surface area contributed by atoms with Gasteiger partial charge in [0.25, 0.3) is 0 Å². The van der Waals surface area contributed by atoms with Crippen molar-refractivity contribution in [2.24, 2.45) is 5.92 Å². The normalized spacial score (nSPS) is 28.3. The first kappa shape index (κ1) is 12.6. The Morgan fingerprint density at radius 1 is 1.53 bits per heavy atom. The van der Waals surface area contributed by atoms with Gasteiger partial charge in [-0.15, -0.1) is 11.3 Å². The first-order valence-corrected chi connectivity index (χ1v) is 8.10. The van der Waals surface area contributed by atoms with Crippen LogP contribution >= 0.6 is 59.1 Å². The van der Waals surface area contributed by atoms with Crippen LogP contribution in [0.2, 0.25) is 0 Å². The van der Waals surface area contributed by atoms with Crippen LogP contribution < -0.4 is 0 Å². The summed E-state index contributed by atoms with van der Waals surface area (Å²) in [4.78, 5) is 0.388. The Hall–Kier alpha value is 1.10. The van der Waals surface area contributed by atoms with E-state index in [4.69, 9.17) is 4.74 Å². The summed E-state index contributed by atoms with van der Waals surface area (Å²) in [5, 5.41) is 0. The van der Waals surface area contributed by atoms with Crippen LogP contribution in [0.1, 0.15) is 23.7 Å². The Morgan fingerprint density at radius 2 is 2.27 bits per heavy atom. The molecule has 2 rings (SSSR count). The van der Waals surface area contributed by atoms with Gasteiger partial charge < -0.3 is 4.74 Å². The molecule has 1 aromatic rings. The van der Waals surface area contributed by atoms with Crippen LogP contribution in [0, 0.1) is 5.92 Å². The fraction of sp³-hybridized carbons (Fsp3) is 0.600. The first-order valence-electron chi connectivity index (χ1n) is 4.78. The van der Waals surface area contributed by atoms with E-state index >= 15 is 0 Å². The van der Waals surface area contributed by atoms with Crippen LogP contribution in [0.4, 0.5) is 0 Å². The first-order chi connectivity index (χ1) is 7.08. The minimum Gasteiger partial charge on any atom is -0.378 e. The smallest absolute Gasteiger partial charge is 0.0753 e. The summed E-state index contributed by atoms with van der Waals surface area (Å²) in [6.07, 6.45) is 1.53. The zero-order valence-electron chi connectivity index (χ0n) is 8.17. The molecule has 3 atom stereocenters. The Balaban J connectivity index is 2.13. The van der Waals surface area contributed by atoms with Crippen molar-refractivity contribution in [3.05, 3.63) is 19.2 Å². The second kappa shape index (κ2) is 5.17. The standard InChI is InChI=1S/C10H11Br3OS/c1-5-2-6(4-14-5)9(12)7-3-8(11)15-10(7)13/h3,5-6,9H,2,4H2,1H3. The summed E-state index contributed by atoms with van der Waals surface area (Å²) in [6, 6.07) is 2.18. The van der Waals surface area contributed by atoms with Gasteiger partial charge in [0.2, 0.25) is 0 Å². The molecule has 0 saturated carbocycles. The van der Waals surface area contributed by atoms with Gasteiger partial charge in [0.1, 0.15) is 0 Å². The van der Waals surface area contributed by atoms with Crippen LogP contribution in [0.15, 0.2) is 13.6 Å². The summed E-state index contributed by atoms with van der Waals surface area (Å²) >= 11 is 12.6. The molecule has 0 N–H and O–H groups in total. The maximum Gasteiger partial charge on any atom is 0.0753 e. The molecule has 0 radical (unpaired) electrons. The van der Waals surface area contributed by atoms with Gasteiger partial charge in [0, 0.05) is 10.7 Å². The van der Waals surface area contributed by atoms with E-state index < -0.39 is 0 Å². The number of hydrogen-bond acceptors (Lipinski definition) is 2. The molecule has 1 saturated heterocycles. The maximum atomic E-state index is 5.60. The van der Waals surface area contributed by atoms with E-state index in [0.29, 0.717) is 16.8 Å². The number of halogens is 3. The molecular formula is C10H11Br3OS. The summed E-state index contributed by atoms with van der Waals surface area (Å²) in [6.45, 7) is 3.00. The average molecular weight is 419 g/mol. The van der Waals surface area contributed by atoms with Gasteiger partial charge in [-0.1, -0.05) is 15.9 Å². The van der Waals surface area contributed by atoms with Crippen molar-refractivity contribution in [3.63, 3.8) is 0 Å². The third-order valence-electron chi connectivity index (χ3n) is 2.62. The highest BCUT2D eigenvalue weighted by molar-refractivity contribution is 9.12. The number of ether oxygens (including phenoxy) is 1. The van der Waals surface area contributed by atoms with E-state index in [1.807, 2.05) is 0 Å². The van der Waals surface area contributed by atoms with Gasteiger partial charge in [-0.25, -0.2) is 0 Å². The highest BCUT2D eigenvalue weighted by Gasteiger charge is 2.30. The predicted octanol–water partition coefficient (Wildman–Crippen LogP) is 5.13. The van der Waals surface area contributed by atoms with Crippen molar-refractivity contribution in [1.29, 1.82) is 0 Å². The Labute approximate surface area is 119 Å². The summed E-state index contributed by atoms with van der Waals surface area (Å²) in [5.41, 5.74) is 1.33. The molecule has 1 fully saturated rings. The molecule has 0 bridgehead atoms. The molecule has 1 aliphatic heterocycles. The van der Waals surface area contributed by atoms with Crippen molar-refractivity contribution in [2.75, 3.05) is 6.61 Å². The molecule has 5 heteroatoms. The largest absolute Gasteiger partial charge is 0.378 e. The van der Waals surface area contributed by atoms with E-state index in [9.17, 15) is 0 Å². The second-order valence-corrected chi connectivity index (χ2v) is 8.56. The van der Waals surface area contributed by atoms with E-state index in [1.54, 1.807) is 11.3 Å². The highest BCUT2D eigenvalue weighted by atomic mass is 79.9. The highest BCUT2D eigenvalue weighted by Crippen LogP contribution is 2.44. The maximum absolute atomic E-state index is 5.60. The summed E-state index contributed by atoms with van der Waals surface area (Å²) in [5.74, 6) is 0.581. The van der Waals surface area contributed by atoms with Crippen LogP contribution in [-0.2, 0) is 4.74 Å². The Kier molecular flexibility index (Phi) is 4.33. The van der Waals surface area contributed by atoms with Gasteiger partial charge in [-0.3, -0.25) is 0 Å². The predicted molar refractivity (Wildman–Crippen MR) is 74.9 cm³/mol. The van der Waals surface area contributed by atoms with Crippen molar-refractivity contribution in [1.82, 2.24) is 0 Å². The van der Waals surface area contributed by atoms with Gasteiger partial charge in [-0.2, -0.15) is 0 Å². The second-order valence-electron chi connectivity index (χ2n) is 3.82. The van der Waals surface area contributed by atoms with Gasteiger partial charge >= 0.3 is 0 Å². The van der Waals surface area contributed by atoms with Gasteiger partial charge in [0.15, 0.2) is 0 Å². The van der Waals surface area contributed by atoms with Crippen molar-refractivity contribution >= 4 is 59.1 Å². The van der Waals surface area contributed by atoms with Crippen LogP contribution in [-0.4, -0.2) is 12.7 Å². The minimum atomic E-state index is 0.388. The fourth-order valence-corrected chi connectivity index (χ4v) is 5.97. The Morgan fingerprint density at radius 3 is 2.73 bits per heavy atom. The lowest BCUT2D eigenvalue weighted by atomic mass is 9.99. The third-order valence-corrected chi connectivity index (χ3v) is 6.25. The third kappa shape index (κ3) is 2.86. The SMILES string of the molecule is CC1CC(C(Br)c2cc(Br)sc2Br)CO1. The summed E-state index contributed by atoms with van der Waals surface area (Å²) in [7, 11) is 0. The average Bonchev–Trinajstić information content (AvgIpc) is 2.71. The van der Waals surface area contributed by atoms with E-state index in [-0.39, 0.29) is 0 Å². The van der Waals surface area contributed by atoms with E-state index in [0.717, 1.165) is 13.0 Å². The molecule has 0 amide bonds. The molecule has 1 nitrogen and oxygen atoms in total. The molecule has 1 aromatic heterocycles. The lowest BCUT2D eigenvalue weighted by Gasteiger charge is -2.15. The summed E-state index contributed by atoms with van der Waals surface area (Å²) < 4.78 is 7.97.